The summed E-state index contributed by atoms with van der Waals surface area (Å²) in [5.41, 5.74) is 0.612. The number of carbonyl (C=O) groups is 3. The molecule has 24 heavy (non-hydrogen) atoms. The standard InChI is InChI=1S/C18H19ClN2O3/c19-12-2-1-3-13(9-12)20-14(22)6-7-21-17(23)15-10-4-5-11(8-10)16(15)18(21)24/h1-3,9-11,15-16H,4-8H2,(H,20,22)/t10-,11+,15+,16-. The fourth-order valence-corrected chi connectivity index (χ4v) is 4.88. The molecule has 0 radical (unpaired) electrons. The fourth-order valence-electron chi connectivity index (χ4n) is 4.69. The van der Waals surface area contributed by atoms with Crippen molar-refractivity contribution in [2.24, 2.45) is 23.7 Å². The summed E-state index contributed by atoms with van der Waals surface area (Å²) in [7, 11) is 0. The largest absolute Gasteiger partial charge is 0.326 e. The van der Waals surface area contributed by atoms with Crippen molar-refractivity contribution in [2.45, 2.75) is 25.7 Å². The molecule has 0 unspecified atom stereocenters. The van der Waals surface area contributed by atoms with Crippen molar-refractivity contribution in [3.05, 3.63) is 29.3 Å². The van der Waals surface area contributed by atoms with E-state index in [1.165, 1.54) is 4.90 Å². The van der Waals surface area contributed by atoms with Gasteiger partial charge in [-0.2, -0.15) is 0 Å². The molecule has 4 rings (SSSR count). The van der Waals surface area contributed by atoms with Crippen LogP contribution in [0.2, 0.25) is 5.02 Å². The Bertz CT molecular complexity index is 692. The summed E-state index contributed by atoms with van der Waals surface area (Å²) in [4.78, 5) is 38.5. The van der Waals surface area contributed by atoms with E-state index in [0.29, 0.717) is 22.5 Å². The molecule has 4 atom stereocenters. The number of anilines is 1. The maximum Gasteiger partial charge on any atom is 0.233 e. The monoisotopic (exact) mass is 346 g/mol. The molecule has 0 aromatic heterocycles. The summed E-state index contributed by atoms with van der Waals surface area (Å²) in [5.74, 6) is 0.168. The summed E-state index contributed by atoms with van der Waals surface area (Å²) < 4.78 is 0. The quantitative estimate of drug-likeness (QED) is 0.852. The third kappa shape index (κ3) is 2.51. The Morgan fingerprint density at radius 1 is 1.17 bits per heavy atom. The van der Waals surface area contributed by atoms with E-state index >= 15 is 0 Å². The second kappa shape index (κ2) is 5.88. The molecule has 126 valence electrons. The minimum absolute atomic E-state index is 0.0623. The molecule has 1 aliphatic heterocycles. The SMILES string of the molecule is O=C(CCN1C(=O)[C@@H]2[C@H]3CC[C@H](C3)[C@@H]2C1=O)Nc1cccc(Cl)c1. The van der Waals surface area contributed by atoms with Gasteiger partial charge >= 0.3 is 0 Å². The molecule has 6 heteroatoms. The Morgan fingerprint density at radius 2 is 1.83 bits per heavy atom. The molecule has 2 aliphatic carbocycles. The van der Waals surface area contributed by atoms with Crippen molar-refractivity contribution in [1.82, 2.24) is 4.90 Å². The van der Waals surface area contributed by atoms with Gasteiger partial charge in [-0.05, 0) is 49.3 Å². The Kier molecular flexibility index (Phi) is 3.83. The summed E-state index contributed by atoms with van der Waals surface area (Å²) in [6.07, 6.45) is 3.26. The summed E-state index contributed by atoms with van der Waals surface area (Å²) in [5, 5.41) is 3.29. The predicted molar refractivity (Wildman–Crippen MR) is 89.2 cm³/mol. The first kappa shape index (κ1) is 15.6. The van der Waals surface area contributed by atoms with Crippen molar-refractivity contribution in [1.29, 1.82) is 0 Å². The third-order valence-electron chi connectivity index (χ3n) is 5.69. The number of imide groups is 1. The van der Waals surface area contributed by atoms with Crippen LogP contribution in [0.5, 0.6) is 0 Å². The molecule has 1 heterocycles. The van der Waals surface area contributed by atoms with Crippen LogP contribution in [-0.4, -0.2) is 29.2 Å². The van der Waals surface area contributed by atoms with E-state index < -0.39 is 0 Å². The average molecular weight is 347 g/mol. The molecule has 2 bridgehead atoms. The number of fused-ring (bicyclic) bond motifs is 5. The zero-order valence-corrected chi connectivity index (χ0v) is 14.0. The van der Waals surface area contributed by atoms with E-state index in [1.54, 1.807) is 24.3 Å². The van der Waals surface area contributed by atoms with E-state index in [1.807, 2.05) is 0 Å². The second-order valence-electron chi connectivity index (χ2n) is 7.02. The molecule has 1 N–H and O–H groups in total. The van der Waals surface area contributed by atoms with Crippen LogP contribution < -0.4 is 5.32 Å². The van der Waals surface area contributed by atoms with Crippen LogP contribution in [0.4, 0.5) is 5.69 Å². The van der Waals surface area contributed by atoms with E-state index in [4.69, 9.17) is 11.6 Å². The first-order valence-electron chi connectivity index (χ1n) is 8.45. The van der Waals surface area contributed by atoms with E-state index in [9.17, 15) is 14.4 Å². The maximum absolute atomic E-state index is 12.6. The highest BCUT2D eigenvalue weighted by atomic mass is 35.5. The third-order valence-corrected chi connectivity index (χ3v) is 5.92. The number of hydrogen-bond donors (Lipinski definition) is 1. The van der Waals surface area contributed by atoms with Crippen LogP contribution in [0.1, 0.15) is 25.7 Å². The highest BCUT2D eigenvalue weighted by Crippen LogP contribution is 2.56. The lowest BCUT2D eigenvalue weighted by atomic mass is 9.81. The van der Waals surface area contributed by atoms with Crippen molar-refractivity contribution >= 4 is 35.0 Å². The molecular weight excluding hydrogens is 328 g/mol. The lowest BCUT2D eigenvalue weighted by Gasteiger charge is -2.19. The molecule has 3 aliphatic rings. The van der Waals surface area contributed by atoms with Crippen molar-refractivity contribution < 1.29 is 14.4 Å². The molecule has 3 fully saturated rings. The van der Waals surface area contributed by atoms with Crippen molar-refractivity contribution in [2.75, 3.05) is 11.9 Å². The average Bonchev–Trinajstić information content (AvgIpc) is 3.20. The van der Waals surface area contributed by atoms with Gasteiger partial charge in [-0.15, -0.1) is 0 Å². The molecule has 5 nitrogen and oxygen atoms in total. The molecule has 1 saturated heterocycles. The van der Waals surface area contributed by atoms with Gasteiger partial charge in [0.2, 0.25) is 17.7 Å². The normalized spacial score (nSPS) is 30.8. The summed E-state index contributed by atoms with van der Waals surface area (Å²) in [6.45, 7) is 0.163. The number of amides is 3. The molecule has 2 saturated carbocycles. The first-order chi connectivity index (χ1) is 11.5. The van der Waals surface area contributed by atoms with Crippen LogP contribution in [0.3, 0.4) is 0 Å². The van der Waals surface area contributed by atoms with Gasteiger partial charge in [0, 0.05) is 23.7 Å². The van der Waals surface area contributed by atoms with Crippen molar-refractivity contribution in [3.63, 3.8) is 0 Å². The topological polar surface area (TPSA) is 66.5 Å². The van der Waals surface area contributed by atoms with Crippen molar-refractivity contribution in [3.8, 4) is 0 Å². The van der Waals surface area contributed by atoms with Gasteiger partial charge in [-0.3, -0.25) is 19.3 Å². The van der Waals surface area contributed by atoms with Gasteiger partial charge in [-0.25, -0.2) is 0 Å². The second-order valence-corrected chi connectivity index (χ2v) is 7.46. The van der Waals surface area contributed by atoms with Gasteiger partial charge in [-0.1, -0.05) is 17.7 Å². The van der Waals surface area contributed by atoms with Crippen LogP contribution >= 0.6 is 11.6 Å². The van der Waals surface area contributed by atoms with E-state index in [2.05, 4.69) is 5.32 Å². The van der Waals surface area contributed by atoms with Crippen LogP contribution in [0.15, 0.2) is 24.3 Å². The fraction of sp³-hybridized carbons (Fsp3) is 0.500. The number of halogens is 1. The molecule has 1 aromatic rings. The molecule has 1 aromatic carbocycles. The Hall–Kier alpha value is -1.88. The lowest BCUT2D eigenvalue weighted by Crippen LogP contribution is -2.35. The first-order valence-corrected chi connectivity index (χ1v) is 8.83. The Balaban J connectivity index is 1.37. The lowest BCUT2D eigenvalue weighted by molar-refractivity contribution is -0.140. The van der Waals surface area contributed by atoms with Gasteiger partial charge < -0.3 is 5.32 Å². The number of carbonyl (C=O) groups excluding carboxylic acids is 3. The van der Waals surface area contributed by atoms with E-state index in [0.717, 1.165) is 19.3 Å². The molecular formula is C18H19ClN2O3. The van der Waals surface area contributed by atoms with Gasteiger partial charge in [0.1, 0.15) is 0 Å². The summed E-state index contributed by atoms with van der Waals surface area (Å²) >= 11 is 5.89. The Labute approximate surface area is 145 Å². The highest BCUT2D eigenvalue weighted by Gasteiger charge is 2.60. The zero-order chi connectivity index (χ0) is 16.8. The van der Waals surface area contributed by atoms with Crippen LogP contribution in [0.25, 0.3) is 0 Å². The highest BCUT2D eigenvalue weighted by molar-refractivity contribution is 6.30. The molecule has 0 spiro atoms. The van der Waals surface area contributed by atoms with Crippen LogP contribution in [0, 0.1) is 23.7 Å². The number of likely N-dealkylation sites (tertiary alicyclic amines) is 1. The number of benzene rings is 1. The Morgan fingerprint density at radius 3 is 2.46 bits per heavy atom. The van der Waals surface area contributed by atoms with Gasteiger partial charge in [0.25, 0.3) is 0 Å². The minimum Gasteiger partial charge on any atom is -0.326 e. The predicted octanol–water partition coefficient (Wildman–Crippen LogP) is 2.70. The maximum atomic E-state index is 12.6. The number of nitrogens with zero attached hydrogens (tertiary/aromatic N) is 1. The molecule has 3 amide bonds. The summed E-state index contributed by atoms with van der Waals surface area (Å²) in [6, 6.07) is 6.89. The van der Waals surface area contributed by atoms with E-state index in [-0.39, 0.29) is 42.5 Å². The number of nitrogens with one attached hydrogen (secondary N) is 1. The van der Waals surface area contributed by atoms with Gasteiger partial charge in [0.05, 0.1) is 11.8 Å². The number of hydrogen-bond acceptors (Lipinski definition) is 3. The minimum atomic E-state index is -0.224. The number of rotatable bonds is 4. The zero-order valence-electron chi connectivity index (χ0n) is 13.2. The van der Waals surface area contributed by atoms with Crippen LogP contribution in [-0.2, 0) is 14.4 Å². The van der Waals surface area contributed by atoms with Gasteiger partial charge in [0.15, 0.2) is 0 Å². The smallest absolute Gasteiger partial charge is 0.233 e.